The van der Waals surface area contributed by atoms with Gasteiger partial charge in [-0.15, -0.1) is 11.3 Å². The number of thiazole rings is 1. The molecule has 0 bridgehead atoms. The minimum atomic E-state index is -0.0909. The first-order valence-corrected chi connectivity index (χ1v) is 8.06. The topological polar surface area (TPSA) is 51.2 Å². The molecule has 3 aromatic rings. The fourth-order valence-corrected chi connectivity index (χ4v) is 2.88. The van der Waals surface area contributed by atoms with E-state index < -0.39 is 0 Å². The predicted octanol–water partition coefficient (Wildman–Crippen LogP) is 3.75. The lowest BCUT2D eigenvalue weighted by atomic mass is 10.2. The summed E-state index contributed by atoms with van der Waals surface area (Å²) in [6.07, 6.45) is 0. The van der Waals surface area contributed by atoms with E-state index in [4.69, 9.17) is 4.74 Å². The first-order chi connectivity index (χ1) is 11.3. The van der Waals surface area contributed by atoms with Gasteiger partial charge in [0.25, 0.3) is 5.91 Å². The number of hydrogen-bond acceptors (Lipinski definition) is 4. The largest absolute Gasteiger partial charge is 0.497 e. The minimum absolute atomic E-state index is 0.0909. The smallest absolute Gasteiger partial charge is 0.251 e. The molecule has 3 rings (SSSR count). The molecule has 1 N–H and O–H groups in total. The van der Waals surface area contributed by atoms with Gasteiger partial charge < -0.3 is 10.1 Å². The van der Waals surface area contributed by atoms with Crippen molar-refractivity contribution in [2.75, 3.05) is 7.11 Å². The standard InChI is InChI=1S/C18H16N2O2S/c1-22-15-9-7-13(8-10-15)16-12-23-17(20-16)11-19-18(21)14-5-3-2-4-6-14/h2-10,12H,11H2,1H3,(H,19,21). The van der Waals surface area contributed by atoms with Crippen LogP contribution in [0.2, 0.25) is 0 Å². The lowest BCUT2D eigenvalue weighted by molar-refractivity contribution is 0.0951. The fourth-order valence-electron chi connectivity index (χ4n) is 2.13. The number of carbonyl (C=O) groups excluding carboxylic acids is 1. The second-order valence-corrected chi connectivity index (χ2v) is 5.85. The molecule has 0 atom stereocenters. The summed E-state index contributed by atoms with van der Waals surface area (Å²) in [6.45, 7) is 0.425. The molecular formula is C18H16N2O2S. The van der Waals surface area contributed by atoms with Gasteiger partial charge in [0.1, 0.15) is 10.8 Å². The summed E-state index contributed by atoms with van der Waals surface area (Å²) in [5.41, 5.74) is 2.59. The second kappa shape index (κ2) is 7.07. The van der Waals surface area contributed by atoms with E-state index in [2.05, 4.69) is 10.3 Å². The third-order valence-electron chi connectivity index (χ3n) is 3.37. The van der Waals surface area contributed by atoms with Gasteiger partial charge in [0.2, 0.25) is 0 Å². The lowest BCUT2D eigenvalue weighted by Gasteiger charge is -2.03. The third-order valence-corrected chi connectivity index (χ3v) is 4.22. The number of methoxy groups -OCH3 is 1. The van der Waals surface area contributed by atoms with Gasteiger partial charge in [-0.2, -0.15) is 0 Å². The monoisotopic (exact) mass is 324 g/mol. The number of benzene rings is 2. The Morgan fingerprint density at radius 1 is 1.13 bits per heavy atom. The number of rotatable bonds is 5. The summed E-state index contributed by atoms with van der Waals surface area (Å²) in [6, 6.07) is 16.9. The number of hydrogen-bond donors (Lipinski definition) is 1. The zero-order valence-corrected chi connectivity index (χ0v) is 13.5. The third kappa shape index (κ3) is 3.76. The Hall–Kier alpha value is -2.66. The molecule has 0 radical (unpaired) electrons. The molecule has 0 spiro atoms. The Kier molecular flexibility index (Phi) is 4.68. The molecule has 0 aliphatic carbocycles. The van der Waals surface area contributed by atoms with Crippen LogP contribution in [0.3, 0.4) is 0 Å². The highest BCUT2D eigenvalue weighted by Crippen LogP contribution is 2.24. The Bertz CT molecular complexity index is 782. The average Bonchev–Trinajstić information content (AvgIpc) is 3.09. The van der Waals surface area contributed by atoms with E-state index in [1.165, 1.54) is 11.3 Å². The molecule has 1 amide bonds. The molecule has 2 aromatic carbocycles. The van der Waals surface area contributed by atoms with Crippen molar-refractivity contribution in [1.29, 1.82) is 0 Å². The van der Waals surface area contributed by atoms with Crippen LogP contribution in [0.15, 0.2) is 60.0 Å². The van der Waals surface area contributed by atoms with E-state index in [1.807, 2.05) is 47.8 Å². The van der Waals surface area contributed by atoms with Crippen LogP contribution in [0.4, 0.5) is 0 Å². The van der Waals surface area contributed by atoms with Crippen LogP contribution in [0.5, 0.6) is 5.75 Å². The highest BCUT2D eigenvalue weighted by Gasteiger charge is 2.08. The number of nitrogens with zero attached hydrogens (tertiary/aromatic N) is 1. The van der Waals surface area contributed by atoms with Crippen LogP contribution in [-0.4, -0.2) is 18.0 Å². The highest BCUT2D eigenvalue weighted by molar-refractivity contribution is 7.09. The van der Waals surface area contributed by atoms with Crippen molar-refractivity contribution in [1.82, 2.24) is 10.3 Å². The number of ether oxygens (including phenoxy) is 1. The van der Waals surface area contributed by atoms with Gasteiger partial charge in [0.15, 0.2) is 0 Å². The fraction of sp³-hybridized carbons (Fsp3) is 0.111. The molecular weight excluding hydrogens is 308 g/mol. The number of carbonyl (C=O) groups is 1. The molecule has 5 heteroatoms. The molecule has 0 saturated heterocycles. The van der Waals surface area contributed by atoms with E-state index in [9.17, 15) is 4.79 Å². The Morgan fingerprint density at radius 3 is 2.57 bits per heavy atom. The van der Waals surface area contributed by atoms with Crippen LogP contribution >= 0.6 is 11.3 Å². The van der Waals surface area contributed by atoms with Gasteiger partial charge in [0, 0.05) is 16.5 Å². The van der Waals surface area contributed by atoms with Crippen molar-refractivity contribution in [2.24, 2.45) is 0 Å². The maximum absolute atomic E-state index is 12.0. The quantitative estimate of drug-likeness (QED) is 0.777. The van der Waals surface area contributed by atoms with Crippen molar-refractivity contribution in [3.05, 3.63) is 70.5 Å². The van der Waals surface area contributed by atoms with E-state index >= 15 is 0 Å². The predicted molar refractivity (Wildman–Crippen MR) is 91.7 cm³/mol. The first-order valence-electron chi connectivity index (χ1n) is 7.18. The van der Waals surface area contributed by atoms with Crippen LogP contribution in [0.1, 0.15) is 15.4 Å². The van der Waals surface area contributed by atoms with Gasteiger partial charge >= 0.3 is 0 Å². The maximum atomic E-state index is 12.0. The first kappa shape index (κ1) is 15.2. The molecule has 0 aliphatic rings. The minimum Gasteiger partial charge on any atom is -0.497 e. The average molecular weight is 324 g/mol. The molecule has 0 unspecified atom stereocenters. The summed E-state index contributed by atoms with van der Waals surface area (Å²) in [4.78, 5) is 16.6. The van der Waals surface area contributed by atoms with Gasteiger partial charge in [-0.3, -0.25) is 4.79 Å². The van der Waals surface area contributed by atoms with Crippen LogP contribution in [0, 0.1) is 0 Å². The zero-order chi connectivity index (χ0) is 16.1. The highest BCUT2D eigenvalue weighted by atomic mass is 32.1. The zero-order valence-electron chi connectivity index (χ0n) is 12.7. The maximum Gasteiger partial charge on any atom is 0.251 e. The molecule has 0 saturated carbocycles. The summed E-state index contributed by atoms with van der Waals surface area (Å²) in [5, 5.41) is 5.75. The summed E-state index contributed by atoms with van der Waals surface area (Å²) in [7, 11) is 1.64. The number of amides is 1. The summed E-state index contributed by atoms with van der Waals surface area (Å²) < 4.78 is 5.15. The molecule has 0 aliphatic heterocycles. The molecule has 1 heterocycles. The van der Waals surface area contributed by atoms with Crippen molar-refractivity contribution in [3.63, 3.8) is 0 Å². The van der Waals surface area contributed by atoms with E-state index in [-0.39, 0.29) is 5.91 Å². The SMILES string of the molecule is COc1ccc(-c2csc(CNC(=O)c3ccccc3)n2)cc1. The van der Waals surface area contributed by atoms with Crippen molar-refractivity contribution >= 4 is 17.2 Å². The van der Waals surface area contributed by atoms with Gasteiger partial charge in [-0.25, -0.2) is 4.98 Å². The van der Waals surface area contributed by atoms with E-state index in [0.717, 1.165) is 22.0 Å². The van der Waals surface area contributed by atoms with Gasteiger partial charge in [-0.1, -0.05) is 18.2 Å². The molecule has 4 nitrogen and oxygen atoms in total. The molecule has 23 heavy (non-hydrogen) atoms. The van der Waals surface area contributed by atoms with Gasteiger partial charge in [-0.05, 0) is 36.4 Å². The van der Waals surface area contributed by atoms with Crippen LogP contribution < -0.4 is 10.1 Å². The van der Waals surface area contributed by atoms with Crippen molar-refractivity contribution < 1.29 is 9.53 Å². The molecule has 116 valence electrons. The Labute approximate surface area is 138 Å². The molecule has 0 fully saturated rings. The summed E-state index contributed by atoms with van der Waals surface area (Å²) >= 11 is 1.53. The Balaban J connectivity index is 1.64. The number of aromatic nitrogens is 1. The van der Waals surface area contributed by atoms with Crippen molar-refractivity contribution in [2.45, 2.75) is 6.54 Å². The van der Waals surface area contributed by atoms with Crippen LogP contribution in [-0.2, 0) is 6.54 Å². The Morgan fingerprint density at radius 2 is 1.87 bits per heavy atom. The van der Waals surface area contributed by atoms with Crippen LogP contribution in [0.25, 0.3) is 11.3 Å². The summed E-state index contributed by atoms with van der Waals surface area (Å²) in [5.74, 6) is 0.728. The second-order valence-electron chi connectivity index (χ2n) is 4.90. The van der Waals surface area contributed by atoms with E-state index in [0.29, 0.717) is 12.1 Å². The normalized spacial score (nSPS) is 10.3. The number of nitrogens with one attached hydrogen (secondary N) is 1. The lowest BCUT2D eigenvalue weighted by Crippen LogP contribution is -2.22. The van der Waals surface area contributed by atoms with Crippen molar-refractivity contribution in [3.8, 4) is 17.0 Å². The molecule has 1 aromatic heterocycles. The van der Waals surface area contributed by atoms with E-state index in [1.54, 1.807) is 19.2 Å². The van der Waals surface area contributed by atoms with Gasteiger partial charge in [0.05, 0.1) is 19.3 Å².